The predicted octanol–water partition coefficient (Wildman–Crippen LogP) is 1.90. The van der Waals surface area contributed by atoms with Crippen LogP contribution in [-0.2, 0) is 4.79 Å². The van der Waals surface area contributed by atoms with Crippen LogP contribution >= 0.6 is 0 Å². The number of ketones is 1. The maximum Gasteiger partial charge on any atom is 0.338 e. The maximum absolute atomic E-state index is 13.5. The Labute approximate surface area is 171 Å². The first kappa shape index (κ1) is 19.5. The number of rotatable bonds is 1. The minimum Gasteiger partial charge on any atom is -0.479 e. The van der Waals surface area contributed by atoms with Crippen molar-refractivity contribution in [3.8, 4) is 0 Å². The molecule has 2 aliphatic heterocycles. The summed E-state index contributed by atoms with van der Waals surface area (Å²) in [6.07, 6.45) is 0.354. The molecule has 3 amide bonds. The van der Waals surface area contributed by atoms with Crippen molar-refractivity contribution in [3.05, 3.63) is 70.8 Å². The summed E-state index contributed by atoms with van der Waals surface area (Å²) in [6.45, 7) is 0.246. The SMILES string of the molecule is O=C1NCCCC[C@@]2(C(=O)O)C(=O)c3ccccc3C(=O)N2C(=O)c2ccccc21. The second-order valence-corrected chi connectivity index (χ2v) is 7.24. The number of carboxylic acids is 1. The molecule has 0 saturated carbocycles. The third-order valence-corrected chi connectivity index (χ3v) is 5.57. The molecule has 0 spiro atoms. The van der Waals surface area contributed by atoms with Gasteiger partial charge in [-0.2, -0.15) is 0 Å². The summed E-state index contributed by atoms with van der Waals surface area (Å²) in [4.78, 5) is 65.9. The van der Waals surface area contributed by atoms with E-state index in [1.807, 2.05) is 0 Å². The van der Waals surface area contributed by atoms with E-state index in [0.717, 1.165) is 0 Å². The first-order chi connectivity index (χ1) is 14.4. The maximum atomic E-state index is 13.5. The Morgan fingerprint density at radius 1 is 0.833 bits per heavy atom. The molecule has 2 aromatic carbocycles. The topological polar surface area (TPSA) is 121 Å². The van der Waals surface area contributed by atoms with Crippen LogP contribution in [0.15, 0.2) is 48.5 Å². The Bertz CT molecular complexity index is 1110. The number of carbonyl (C=O) groups excluding carboxylic acids is 4. The van der Waals surface area contributed by atoms with Crippen LogP contribution in [-0.4, -0.2) is 51.6 Å². The summed E-state index contributed by atoms with van der Waals surface area (Å²) < 4.78 is 0. The lowest BCUT2D eigenvalue weighted by molar-refractivity contribution is -0.146. The Hall–Kier alpha value is -3.81. The quantitative estimate of drug-likeness (QED) is 0.551. The van der Waals surface area contributed by atoms with Crippen LogP contribution in [0.2, 0.25) is 0 Å². The number of amides is 3. The summed E-state index contributed by atoms with van der Waals surface area (Å²) in [7, 11) is 0. The van der Waals surface area contributed by atoms with E-state index < -0.39 is 35.0 Å². The van der Waals surface area contributed by atoms with Crippen LogP contribution < -0.4 is 5.32 Å². The first-order valence-electron chi connectivity index (χ1n) is 9.53. The molecular weight excluding hydrogens is 388 g/mol. The number of aliphatic carboxylic acids is 1. The van der Waals surface area contributed by atoms with Crippen molar-refractivity contribution in [3.63, 3.8) is 0 Å². The summed E-state index contributed by atoms with van der Waals surface area (Å²) in [6, 6.07) is 11.7. The predicted molar refractivity (Wildman–Crippen MR) is 104 cm³/mol. The zero-order valence-electron chi connectivity index (χ0n) is 15.9. The summed E-state index contributed by atoms with van der Waals surface area (Å²) in [5.41, 5.74) is -2.55. The normalized spacial score (nSPS) is 21.7. The lowest BCUT2D eigenvalue weighted by Gasteiger charge is -2.41. The number of Topliss-reactive ketones (excluding diaryl/α,β-unsaturated/α-hetero) is 1. The van der Waals surface area contributed by atoms with E-state index >= 15 is 0 Å². The van der Waals surface area contributed by atoms with Crippen molar-refractivity contribution < 1.29 is 29.1 Å². The second kappa shape index (κ2) is 7.22. The van der Waals surface area contributed by atoms with Gasteiger partial charge in [0.15, 0.2) is 0 Å². The van der Waals surface area contributed by atoms with E-state index in [0.29, 0.717) is 11.3 Å². The van der Waals surface area contributed by atoms with Gasteiger partial charge in [0.2, 0.25) is 11.3 Å². The van der Waals surface area contributed by atoms with Crippen LogP contribution in [0.5, 0.6) is 0 Å². The monoisotopic (exact) mass is 406 g/mol. The fraction of sp³-hybridized carbons (Fsp3) is 0.227. The Kier molecular flexibility index (Phi) is 4.69. The van der Waals surface area contributed by atoms with Gasteiger partial charge in [0, 0.05) is 12.1 Å². The Morgan fingerprint density at radius 3 is 1.97 bits per heavy atom. The van der Waals surface area contributed by atoms with Gasteiger partial charge in [-0.15, -0.1) is 0 Å². The van der Waals surface area contributed by atoms with E-state index in [2.05, 4.69) is 5.32 Å². The van der Waals surface area contributed by atoms with Gasteiger partial charge < -0.3 is 10.4 Å². The highest BCUT2D eigenvalue weighted by Crippen LogP contribution is 2.37. The first-order valence-corrected chi connectivity index (χ1v) is 9.53. The number of benzene rings is 2. The third-order valence-electron chi connectivity index (χ3n) is 5.57. The highest BCUT2D eigenvalue weighted by Gasteiger charge is 2.59. The molecule has 2 aliphatic rings. The van der Waals surface area contributed by atoms with E-state index in [-0.39, 0.29) is 41.6 Å². The smallest absolute Gasteiger partial charge is 0.338 e. The fourth-order valence-corrected chi connectivity index (χ4v) is 4.07. The molecule has 0 radical (unpaired) electrons. The highest BCUT2D eigenvalue weighted by atomic mass is 16.4. The van der Waals surface area contributed by atoms with E-state index in [9.17, 15) is 29.1 Å². The molecule has 2 heterocycles. The van der Waals surface area contributed by atoms with Crippen LogP contribution in [0.3, 0.4) is 0 Å². The molecule has 0 aliphatic carbocycles. The summed E-state index contributed by atoms with van der Waals surface area (Å²) in [5.74, 6) is -4.74. The molecule has 0 fully saturated rings. The number of imide groups is 1. The number of carbonyl (C=O) groups is 5. The lowest BCUT2D eigenvalue weighted by atomic mass is 9.77. The third kappa shape index (κ3) is 2.72. The minimum absolute atomic E-state index is 0.0165. The van der Waals surface area contributed by atoms with Crippen LogP contribution in [0.1, 0.15) is 60.7 Å². The van der Waals surface area contributed by atoms with Gasteiger partial charge >= 0.3 is 5.97 Å². The molecule has 1 atom stereocenters. The largest absolute Gasteiger partial charge is 0.479 e. The number of hydrogen-bond acceptors (Lipinski definition) is 5. The van der Waals surface area contributed by atoms with Crippen LogP contribution in [0.25, 0.3) is 0 Å². The van der Waals surface area contributed by atoms with Gasteiger partial charge in [-0.1, -0.05) is 30.3 Å². The van der Waals surface area contributed by atoms with E-state index in [4.69, 9.17) is 0 Å². The molecule has 0 unspecified atom stereocenters. The molecule has 152 valence electrons. The van der Waals surface area contributed by atoms with Crippen molar-refractivity contribution in [2.75, 3.05) is 6.54 Å². The van der Waals surface area contributed by atoms with Gasteiger partial charge in [-0.3, -0.25) is 19.2 Å². The lowest BCUT2D eigenvalue weighted by Crippen LogP contribution is -2.66. The number of hydrogen-bond donors (Lipinski definition) is 2. The molecule has 2 aromatic rings. The van der Waals surface area contributed by atoms with Crippen molar-refractivity contribution in [1.29, 1.82) is 0 Å². The number of nitrogens with one attached hydrogen (secondary N) is 1. The number of fused-ring (bicyclic) bond motifs is 3. The highest BCUT2D eigenvalue weighted by molar-refractivity contribution is 6.30. The van der Waals surface area contributed by atoms with E-state index in [1.165, 1.54) is 36.4 Å². The molecule has 0 aromatic heterocycles. The number of nitrogens with zero attached hydrogens (tertiary/aromatic N) is 1. The molecule has 2 N–H and O–H groups in total. The molecule has 30 heavy (non-hydrogen) atoms. The molecule has 8 nitrogen and oxygen atoms in total. The molecule has 0 saturated heterocycles. The van der Waals surface area contributed by atoms with Crippen LogP contribution in [0.4, 0.5) is 0 Å². The average Bonchev–Trinajstić information content (AvgIpc) is 2.77. The zero-order chi connectivity index (χ0) is 21.5. The van der Waals surface area contributed by atoms with Crippen molar-refractivity contribution >= 4 is 29.5 Å². The molecule has 0 bridgehead atoms. The van der Waals surface area contributed by atoms with Gasteiger partial charge in [0.05, 0.1) is 16.7 Å². The average molecular weight is 406 g/mol. The van der Waals surface area contributed by atoms with Crippen LogP contribution in [0, 0.1) is 0 Å². The summed E-state index contributed by atoms with van der Waals surface area (Å²) in [5, 5.41) is 12.8. The van der Waals surface area contributed by atoms with Crippen molar-refractivity contribution in [1.82, 2.24) is 10.2 Å². The molecule has 8 heteroatoms. The molecule has 4 rings (SSSR count). The second-order valence-electron chi connectivity index (χ2n) is 7.24. The van der Waals surface area contributed by atoms with Gasteiger partial charge in [0.1, 0.15) is 0 Å². The van der Waals surface area contributed by atoms with Gasteiger partial charge in [-0.25, -0.2) is 9.69 Å². The van der Waals surface area contributed by atoms with Crippen molar-refractivity contribution in [2.24, 2.45) is 0 Å². The molecular formula is C22H18N2O6. The summed E-state index contributed by atoms with van der Waals surface area (Å²) >= 11 is 0. The zero-order valence-corrected chi connectivity index (χ0v) is 15.9. The Balaban J connectivity index is 2.01. The fourth-order valence-electron chi connectivity index (χ4n) is 4.07. The number of carboxylic acid groups (broad SMARTS) is 1. The minimum atomic E-state index is -2.37. The van der Waals surface area contributed by atoms with Gasteiger partial charge in [0.25, 0.3) is 17.7 Å². The van der Waals surface area contributed by atoms with Crippen molar-refractivity contribution in [2.45, 2.75) is 24.8 Å². The standard InChI is InChI=1S/C22H18N2O6/c25-17-13-7-1-3-9-15(13)19(27)24-20(28)16-10-4-2-8-14(16)18(26)23-12-6-5-11-22(17,24)21(29)30/h1-4,7-10H,5-6,11-12H2,(H,23,26)(H,29,30)/t22-/m0/s1. The van der Waals surface area contributed by atoms with E-state index in [1.54, 1.807) is 12.1 Å². The Morgan fingerprint density at radius 2 is 1.37 bits per heavy atom. The van der Waals surface area contributed by atoms with Gasteiger partial charge in [-0.05, 0) is 37.5 Å².